The van der Waals surface area contributed by atoms with E-state index in [0.717, 1.165) is 6.61 Å². The molecule has 0 aromatic rings. The Morgan fingerprint density at radius 1 is 1.00 bits per heavy atom. The van der Waals surface area contributed by atoms with Crippen molar-refractivity contribution in [2.75, 3.05) is 13.1 Å². The third kappa shape index (κ3) is 4.39. The second-order valence-electron chi connectivity index (χ2n) is 7.07. The van der Waals surface area contributed by atoms with Gasteiger partial charge in [-0.15, -0.1) is 0 Å². The van der Waals surface area contributed by atoms with Crippen LogP contribution in [0.1, 0.15) is 27.7 Å². The van der Waals surface area contributed by atoms with Crippen LogP contribution in [0.2, 0.25) is 25.7 Å². The molecule has 1 aliphatic rings. The molecule has 0 spiro atoms. The molecule has 0 N–H and O–H groups in total. The highest BCUT2D eigenvalue weighted by Gasteiger charge is 2.51. The molecule has 3 nitrogen and oxygen atoms in total. The molecule has 0 unspecified atom stereocenters. The van der Waals surface area contributed by atoms with E-state index in [-0.39, 0.29) is 18.3 Å². The molecule has 0 aromatic heterocycles. The van der Waals surface area contributed by atoms with Gasteiger partial charge in [-0.3, -0.25) is 0 Å². The Hall–Kier alpha value is 0.162. The van der Waals surface area contributed by atoms with E-state index in [1.54, 1.807) is 0 Å². The minimum Gasteiger partial charge on any atom is -0.402 e. The minimum absolute atomic E-state index is 0.221. The van der Waals surface area contributed by atoms with Gasteiger partial charge in [0.2, 0.25) is 0 Å². The first kappa shape index (κ1) is 15.2. The molecule has 1 saturated heterocycles. The van der Waals surface area contributed by atoms with Gasteiger partial charge in [-0.05, 0) is 33.7 Å². The van der Waals surface area contributed by atoms with Crippen LogP contribution in [0, 0.1) is 0 Å². The summed E-state index contributed by atoms with van der Waals surface area (Å²) in [4.78, 5) is 0. The SMILES string of the molecule is CC1(C)OB(COCC[Si](C)(C)C)OC1(C)C. The van der Waals surface area contributed by atoms with E-state index < -0.39 is 8.07 Å². The van der Waals surface area contributed by atoms with E-state index in [1.807, 2.05) is 0 Å². The molecule has 100 valence electrons. The van der Waals surface area contributed by atoms with E-state index >= 15 is 0 Å². The number of hydrogen-bond donors (Lipinski definition) is 0. The maximum atomic E-state index is 5.86. The first-order valence-corrected chi connectivity index (χ1v) is 10.2. The summed E-state index contributed by atoms with van der Waals surface area (Å²) in [5, 5.41) is 0. The van der Waals surface area contributed by atoms with Crippen LogP contribution in [-0.4, -0.2) is 39.5 Å². The normalized spacial score (nSPS) is 23.1. The number of ether oxygens (including phenoxy) is 1. The summed E-state index contributed by atoms with van der Waals surface area (Å²) in [6.07, 6.45) is 0. The molecule has 1 fully saturated rings. The highest BCUT2D eigenvalue weighted by molar-refractivity contribution is 6.76. The second-order valence-corrected chi connectivity index (χ2v) is 12.7. The van der Waals surface area contributed by atoms with Crippen molar-refractivity contribution >= 4 is 15.2 Å². The van der Waals surface area contributed by atoms with Gasteiger partial charge >= 0.3 is 7.12 Å². The fraction of sp³-hybridized carbons (Fsp3) is 1.00. The van der Waals surface area contributed by atoms with Crippen LogP contribution in [-0.2, 0) is 14.0 Å². The van der Waals surface area contributed by atoms with Crippen LogP contribution < -0.4 is 0 Å². The van der Waals surface area contributed by atoms with E-state index in [4.69, 9.17) is 14.0 Å². The molecule has 17 heavy (non-hydrogen) atoms. The third-order valence-corrected chi connectivity index (χ3v) is 5.26. The van der Waals surface area contributed by atoms with Crippen LogP contribution >= 0.6 is 0 Å². The van der Waals surface area contributed by atoms with E-state index in [2.05, 4.69) is 47.3 Å². The van der Waals surface area contributed by atoms with Crippen molar-refractivity contribution in [2.45, 2.75) is 64.6 Å². The second kappa shape index (κ2) is 5.04. The summed E-state index contributed by atoms with van der Waals surface area (Å²) >= 11 is 0. The lowest BCUT2D eigenvalue weighted by atomic mass is 9.90. The van der Waals surface area contributed by atoms with Gasteiger partial charge in [0.1, 0.15) is 0 Å². The molecule has 5 heteroatoms. The first-order chi connectivity index (χ1) is 7.54. The van der Waals surface area contributed by atoms with Crippen molar-refractivity contribution in [3.63, 3.8) is 0 Å². The molecule has 0 bridgehead atoms. The minimum atomic E-state index is -0.997. The predicted octanol–water partition coefficient (Wildman–Crippen LogP) is 2.97. The summed E-state index contributed by atoms with van der Waals surface area (Å²) < 4.78 is 17.4. The average Bonchev–Trinajstić information content (AvgIpc) is 2.28. The van der Waals surface area contributed by atoms with Gasteiger partial charge in [0.15, 0.2) is 0 Å². The van der Waals surface area contributed by atoms with E-state index in [0.29, 0.717) is 6.51 Å². The van der Waals surface area contributed by atoms with Crippen LogP contribution in [0.25, 0.3) is 0 Å². The Morgan fingerprint density at radius 3 is 1.88 bits per heavy atom. The topological polar surface area (TPSA) is 27.7 Å². The Morgan fingerprint density at radius 2 is 1.47 bits per heavy atom. The number of hydrogen-bond acceptors (Lipinski definition) is 3. The monoisotopic (exact) mass is 258 g/mol. The molecule has 0 amide bonds. The van der Waals surface area contributed by atoms with Crippen LogP contribution in [0.4, 0.5) is 0 Å². The molecule has 1 rings (SSSR count). The van der Waals surface area contributed by atoms with Crippen molar-refractivity contribution < 1.29 is 14.0 Å². The zero-order valence-corrected chi connectivity index (χ0v) is 13.4. The van der Waals surface area contributed by atoms with Crippen molar-refractivity contribution in [1.29, 1.82) is 0 Å². The highest BCUT2D eigenvalue weighted by atomic mass is 28.3. The quantitative estimate of drug-likeness (QED) is 0.560. The lowest BCUT2D eigenvalue weighted by molar-refractivity contribution is 0.00578. The largest absolute Gasteiger partial charge is 0.485 e. The van der Waals surface area contributed by atoms with Crippen molar-refractivity contribution in [2.24, 2.45) is 0 Å². The Kier molecular flexibility index (Phi) is 4.51. The molecule has 0 radical (unpaired) electrons. The van der Waals surface area contributed by atoms with Crippen molar-refractivity contribution in [1.82, 2.24) is 0 Å². The average molecular weight is 258 g/mol. The fourth-order valence-corrected chi connectivity index (χ4v) is 2.35. The maximum Gasteiger partial charge on any atom is 0.485 e. The lowest BCUT2D eigenvalue weighted by Gasteiger charge is -2.32. The van der Waals surface area contributed by atoms with Crippen LogP contribution in [0.5, 0.6) is 0 Å². The molecule has 0 saturated carbocycles. The van der Waals surface area contributed by atoms with Crippen LogP contribution in [0.15, 0.2) is 0 Å². The molecule has 0 atom stereocenters. The maximum absolute atomic E-state index is 5.86. The summed E-state index contributed by atoms with van der Waals surface area (Å²) in [5.41, 5.74) is -0.500. The standard InChI is InChI=1S/C12H27BO3Si/c1-11(2)12(3,4)16-13(15-11)10-14-8-9-17(5,6)7/h8-10H2,1-7H3. The Balaban J connectivity index is 2.27. The van der Waals surface area contributed by atoms with Gasteiger partial charge in [-0.25, -0.2) is 0 Å². The number of rotatable bonds is 5. The molecule has 1 heterocycles. The summed E-state index contributed by atoms with van der Waals surface area (Å²) in [7, 11) is -1.22. The molecule has 0 aliphatic carbocycles. The highest BCUT2D eigenvalue weighted by Crippen LogP contribution is 2.36. The van der Waals surface area contributed by atoms with Gasteiger partial charge in [-0.1, -0.05) is 19.6 Å². The Bertz CT molecular complexity index is 245. The van der Waals surface area contributed by atoms with Crippen LogP contribution in [0.3, 0.4) is 0 Å². The van der Waals surface area contributed by atoms with E-state index in [9.17, 15) is 0 Å². The molecule has 0 aromatic carbocycles. The fourth-order valence-electron chi connectivity index (χ4n) is 1.59. The smallest absolute Gasteiger partial charge is 0.402 e. The summed E-state index contributed by atoms with van der Waals surface area (Å²) in [5.74, 6) is 0. The zero-order chi connectivity index (χ0) is 13.3. The van der Waals surface area contributed by atoms with E-state index in [1.165, 1.54) is 6.04 Å². The van der Waals surface area contributed by atoms with Crippen molar-refractivity contribution in [3.05, 3.63) is 0 Å². The first-order valence-electron chi connectivity index (χ1n) is 6.47. The lowest BCUT2D eigenvalue weighted by Crippen LogP contribution is -2.41. The van der Waals surface area contributed by atoms with Gasteiger partial charge < -0.3 is 14.0 Å². The Labute approximate surface area is 107 Å². The van der Waals surface area contributed by atoms with Crippen molar-refractivity contribution in [3.8, 4) is 0 Å². The van der Waals surface area contributed by atoms with Gasteiger partial charge in [0, 0.05) is 14.7 Å². The molecule has 1 aliphatic heterocycles. The van der Waals surface area contributed by atoms with Gasteiger partial charge in [-0.2, -0.15) is 0 Å². The van der Waals surface area contributed by atoms with Gasteiger partial charge in [0.05, 0.1) is 17.7 Å². The predicted molar refractivity (Wildman–Crippen MR) is 75.1 cm³/mol. The molecular weight excluding hydrogens is 231 g/mol. The summed E-state index contributed by atoms with van der Waals surface area (Å²) in [6.45, 7) is 16.7. The zero-order valence-electron chi connectivity index (χ0n) is 12.4. The molecular formula is C12H27BO3Si. The third-order valence-electron chi connectivity index (χ3n) is 3.55. The van der Waals surface area contributed by atoms with Gasteiger partial charge in [0.25, 0.3) is 0 Å². The summed E-state index contributed by atoms with van der Waals surface area (Å²) in [6, 6.07) is 1.19.